The molecule has 0 radical (unpaired) electrons. The van der Waals surface area contributed by atoms with E-state index < -0.39 is 0 Å². The Kier molecular flexibility index (Phi) is 3.06. The Morgan fingerprint density at radius 2 is 1.29 bits per heavy atom. The van der Waals surface area contributed by atoms with Crippen molar-refractivity contribution in [3.63, 3.8) is 0 Å². The summed E-state index contributed by atoms with van der Waals surface area (Å²) in [5, 5.41) is 0. The van der Waals surface area contributed by atoms with Crippen molar-refractivity contribution in [3.8, 4) is 11.1 Å². The summed E-state index contributed by atoms with van der Waals surface area (Å²) in [6.45, 7) is 11.0. The van der Waals surface area contributed by atoms with Gasteiger partial charge in [0.2, 0.25) is 0 Å². The molecule has 0 aliphatic rings. The highest BCUT2D eigenvalue weighted by Gasteiger charge is 2.09. The molecule has 17 heavy (non-hydrogen) atoms. The van der Waals surface area contributed by atoms with Crippen molar-refractivity contribution in [2.75, 3.05) is 0 Å². The molecule has 0 amide bonds. The van der Waals surface area contributed by atoms with E-state index in [1.807, 2.05) is 0 Å². The van der Waals surface area contributed by atoms with Crippen LogP contribution < -0.4 is 0 Å². The minimum absolute atomic E-state index is 1.34. The Labute approximate surface area is 104 Å². The molecule has 2 aromatic rings. The van der Waals surface area contributed by atoms with Crippen molar-refractivity contribution in [2.45, 2.75) is 34.6 Å². The Bertz CT molecular complexity index is 539. The standard InChI is InChI=1S/C17H20/c1-11-9-13(3)17(14(4)10-11)16-8-6-7-12(2)15(16)5/h6-10H,1-5H3. The molecule has 0 unspecified atom stereocenters. The Balaban J connectivity index is 2.73. The Morgan fingerprint density at radius 3 is 1.88 bits per heavy atom. The first kappa shape index (κ1) is 11.9. The molecule has 0 heterocycles. The van der Waals surface area contributed by atoms with E-state index in [9.17, 15) is 0 Å². The third-order valence-electron chi connectivity index (χ3n) is 3.55. The highest BCUT2D eigenvalue weighted by atomic mass is 14.1. The average molecular weight is 224 g/mol. The fourth-order valence-electron chi connectivity index (χ4n) is 2.63. The van der Waals surface area contributed by atoms with Crippen LogP contribution in [0.15, 0.2) is 30.3 Å². The van der Waals surface area contributed by atoms with Crippen LogP contribution in [0.2, 0.25) is 0 Å². The molecule has 0 aromatic heterocycles. The lowest BCUT2D eigenvalue weighted by Crippen LogP contribution is -1.93. The van der Waals surface area contributed by atoms with Crippen molar-refractivity contribution < 1.29 is 0 Å². The number of aryl methyl sites for hydroxylation is 4. The van der Waals surface area contributed by atoms with E-state index >= 15 is 0 Å². The molecule has 88 valence electrons. The summed E-state index contributed by atoms with van der Waals surface area (Å²) in [7, 11) is 0. The van der Waals surface area contributed by atoms with Crippen LogP contribution in [0, 0.1) is 34.6 Å². The van der Waals surface area contributed by atoms with Gasteiger partial charge in [0.1, 0.15) is 0 Å². The molecule has 2 aromatic carbocycles. The van der Waals surface area contributed by atoms with E-state index in [-0.39, 0.29) is 0 Å². The zero-order valence-electron chi connectivity index (χ0n) is 11.4. The quantitative estimate of drug-likeness (QED) is 0.646. The van der Waals surface area contributed by atoms with Crippen molar-refractivity contribution in [3.05, 3.63) is 58.1 Å². The minimum Gasteiger partial charge on any atom is -0.0614 e. The maximum atomic E-state index is 2.27. The fraction of sp³-hybridized carbons (Fsp3) is 0.294. The van der Waals surface area contributed by atoms with Crippen LogP contribution in [0.1, 0.15) is 27.8 Å². The fourth-order valence-corrected chi connectivity index (χ4v) is 2.63. The van der Waals surface area contributed by atoms with E-state index in [0.29, 0.717) is 0 Å². The lowest BCUT2D eigenvalue weighted by molar-refractivity contribution is 1.28. The maximum Gasteiger partial charge on any atom is -0.0122 e. The Hall–Kier alpha value is -1.56. The monoisotopic (exact) mass is 224 g/mol. The molecule has 0 heteroatoms. The van der Waals surface area contributed by atoms with Crippen LogP contribution in [0.25, 0.3) is 11.1 Å². The van der Waals surface area contributed by atoms with Gasteiger partial charge in [-0.2, -0.15) is 0 Å². The summed E-state index contributed by atoms with van der Waals surface area (Å²) in [5.74, 6) is 0. The molecule has 0 aliphatic carbocycles. The predicted molar refractivity (Wildman–Crippen MR) is 75.6 cm³/mol. The van der Waals surface area contributed by atoms with Crippen LogP contribution >= 0.6 is 0 Å². The zero-order chi connectivity index (χ0) is 12.6. The first-order valence-corrected chi connectivity index (χ1v) is 6.15. The van der Waals surface area contributed by atoms with Gasteiger partial charge in [-0.25, -0.2) is 0 Å². The van der Waals surface area contributed by atoms with Crippen LogP contribution in [0.4, 0.5) is 0 Å². The molecule has 2 rings (SSSR count). The summed E-state index contributed by atoms with van der Waals surface area (Å²) in [6, 6.07) is 11.1. The lowest BCUT2D eigenvalue weighted by atomic mass is 9.90. The molecule has 0 N–H and O–H groups in total. The van der Waals surface area contributed by atoms with Gasteiger partial charge in [0, 0.05) is 0 Å². The SMILES string of the molecule is Cc1cc(C)c(-c2cccc(C)c2C)c(C)c1. The number of hydrogen-bond acceptors (Lipinski definition) is 0. The maximum absolute atomic E-state index is 2.27. The first-order chi connectivity index (χ1) is 8.00. The predicted octanol–water partition coefficient (Wildman–Crippen LogP) is 4.90. The lowest BCUT2D eigenvalue weighted by Gasteiger charge is -2.15. The third kappa shape index (κ3) is 2.12. The first-order valence-electron chi connectivity index (χ1n) is 6.15. The van der Waals surface area contributed by atoms with Gasteiger partial charge >= 0.3 is 0 Å². The van der Waals surface area contributed by atoms with Crippen molar-refractivity contribution in [1.82, 2.24) is 0 Å². The molecule has 0 saturated heterocycles. The second kappa shape index (κ2) is 4.37. The highest BCUT2D eigenvalue weighted by molar-refractivity contribution is 5.74. The highest BCUT2D eigenvalue weighted by Crippen LogP contribution is 2.31. The van der Waals surface area contributed by atoms with Crippen LogP contribution in [-0.2, 0) is 0 Å². The van der Waals surface area contributed by atoms with E-state index in [1.54, 1.807) is 0 Å². The van der Waals surface area contributed by atoms with Crippen molar-refractivity contribution >= 4 is 0 Å². The van der Waals surface area contributed by atoms with Gasteiger partial charge in [-0.05, 0) is 68.0 Å². The second-order valence-corrected chi connectivity index (χ2v) is 5.02. The van der Waals surface area contributed by atoms with Gasteiger partial charge < -0.3 is 0 Å². The van der Waals surface area contributed by atoms with E-state index in [1.165, 1.54) is 38.9 Å². The van der Waals surface area contributed by atoms with Crippen LogP contribution in [0.5, 0.6) is 0 Å². The molecule has 0 bridgehead atoms. The van der Waals surface area contributed by atoms with Gasteiger partial charge in [0.05, 0.1) is 0 Å². The van der Waals surface area contributed by atoms with Gasteiger partial charge in [0.25, 0.3) is 0 Å². The molecule has 0 fully saturated rings. The minimum atomic E-state index is 1.34. The topological polar surface area (TPSA) is 0 Å². The second-order valence-electron chi connectivity index (χ2n) is 5.02. The van der Waals surface area contributed by atoms with Gasteiger partial charge in [0.15, 0.2) is 0 Å². The normalized spacial score (nSPS) is 10.6. The molecule has 0 nitrogen and oxygen atoms in total. The molecule has 0 saturated carbocycles. The summed E-state index contributed by atoms with van der Waals surface area (Å²) in [4.78, 5) is 0. The summed E-state index contributed by atoms with van der Waals surface area (Å²) >= 11 is 0. The van der Waals surface area contributed by atoms with Gasteiger partial charge in [-0.3, -0.25) is 0 Å². The summed E-state index contributed by atoms with van der Waals surface area (Å²) in [6.07, 6.45) is 0. The Morgan fingerprint density at radius 1 is 0.706 bits per heavy atom. The zero-order valence-corrected chi connectivity index (χ0v) is 11.4. The number of hydrogen-bond donors (Lipinski definition) is 0. The van der Waals surface area contributed by atoms with Gasteiger partial charge in [-0.15, -0.1) is 0 Å². The van der Waals surface area contributed by atoms with E-state index in [0.717, 1.165) is 0 Å². The molecular weight excluding hydrogens is 204 g/mol. The molecule has 0 atom stereocenters. The summed E-state index contributed by atoms with van der Waals surface area (Å²) < 4.78 is 0. The largest absolute Gasteiger partial charge is 0.0614 e. The number of benzene rings is 2. The van der Waals surface area contributed by atoms with Crippen LogP contribution in [-0.4, -0.2) is 0 Å². The smallest absolute Gasteiger partial charge is 0.0122 e. The molecule has 0 aliphatic heterocycles. The van der Waals surface area contributed by atoms with Crippen molar-refractivity contribution in [1.29, 1.82) is 0 Å². The summed E-state index contributed by atoms with van der Waals surface area (Å²) in [5.41, 5.74) is 9.61. The average Bonchev–Trinajstić information content (AvgIpc) is 2.23. The van der Waals surface area contributed by atoms with Gasteiger partial charge in [-0.1, -0.05) is 35.9 Å². The van der Waals surface area contributed by atoms with E-state index in [4.69, 9.17) is 0 Å². The van der Waals surface area contributed by atoms with E-state index in [2.05, 4.69) is 65.0 Å². The van der Waals surface area contributed by atoms with Crippen molar-refractivity contribution in [2.24, 2.45) is 0 Å². The van der Waals surface area contributed by atoms with Crippen LogP contribution in [0.3, 0.4) is 0 Å². The number of rotatable bonds is 1. The molecule has 0 spiro atoms. The molecular formula is C17H20. The third-order valence-corrected chi connectivity index (χ3v) is 3.55.